The van der Waals surface area contributed by atoms with Gasteiger partial charge in [0, 0.05) is 7.14 Å². The predicted octanol–water partition coefficient (Wildman–Crippen LogP) is 5.18. The van der Waals surface area contributed by atoms with Gasteiger partial charge in [-0.15, -0.1) is 0 Å². The molecule has 82 valence electrons. The van der Waals surface area contributed by atoms with Crippen molar-refractivity contribution in [2.45, 2.75) is 13.8 Å². The monoisotopic (exact) mass is 434 g/mol. The summed E-state index contributed by atoms with van der Waals surface area (Å²) in [6, 6.07) is 13.1. The summed E-state index contributed by atoms with van der Waals surface area (Å²) in [6.07, 6.45) is 0. The highest BCUT2D eigenvalue weighted by atomic mass is 127. The lowest BCUT2D eigenvalue weighted by molar-refractivity contribution is 1.39. The van der Waals surface area contributed by atoms with Crippen LogP contribution in [0.5, 0.6) is 0 Å². The van der Waals surface area contributed by atoms with Crippen LogP contribution in [-0.2, 0) is 0 Å². The van der Waals surface area contributed by atoms with Crippen molar-refractivity contribution in [1.29, 1.82) is 0 Å². The van der Waals surface area contributed by atoms with Gasteiger partial charge in [-0.05, 0) is 75.7 Å². The average molecular weight is 434 g/mol. The maximum atomic E-state index is 2.44. The van der Waals surface area contributed by atoms with E-state index in [4.69, 9.17) is 0 Å². The van der Waals surface area contributed by atoms with E-state index in [1.807, 2.05) is 0 Å². The molecule has 2 heteroatoms. The molecular weight excluding hydrogens is 422 g/mol. The van der Waals surface area contributed by atoms with E-state index < -0.39 is 0 Å². The van der Waals surface area contributed by atoms with E-state index in [1.54, 1.807) is 0 Å². The van der Waals surface area contributed by atoms with Gasteiger partial charge in [-0.3, -0.25) is 0 Å². The van der Waals surface area contributed by atoms with Crippen molar-refractivity contribution >= 4 is 45.2 Å². The molecule has 0 unspecified atom stereocenters. The maximum absolute atomic E-state index is 2.44. The third-order valence-corrected chi connectivity index (χ3v) is 6.18. The van der Waals surface area contributed by atoms with Crippen LogP contribution >= 0.6 is 45.2 Å². The lowest BCUT2D eigenvalue weighted by Crippen LogP contribution is -1.90. The van der Waals surface area contributed by atoms with Crippen molar-refractivity contribution in [2.75, 3.05) is 0 Å². The van der Waals surface area contributed by atoms with Crippen molar-refractivity contribution in [1.82, 2.24) is 0 Å². The third-order valence-electron chi connectivity index (χ3n) is 2.64. The van der Waals surface area contributed by atoms with E-state index in [2.05, 4.69) is 95.4 Å². The van der Waals surface area contributed by atoms with Gasteiger partial charge in [0.1, 0.15) is 0 Å². The van der Waals surface area contributed by atoms with Crippen LogP contribution < -0.4 is 0 Å². The van der Waals surface area contributed by atoms with E-state index in [9.17, 15) is 0 Å². The quantitative estimate of drug-likeness (QED) is 0.543. The molecule has 0 amide bonds. The second kappa shape index (κ2) is 5.04. The summed E-state index contributed by atoms with van der Waals surface area (Å²) >= 11 is 4.86. The third kappa shape index (κ3) is 2.42. The minimum atomic E-state index is 1.30. The molecule has 0 radical (unpaired) electrons. The molecule has 2 aromatic carbocycles. The molecule has 0 aliphatic carbocycles. The molecule has 0 atom stereocenters. The SMILES string of the molecule is Cc1ccc(-c2ccc(C)c(I)c2I)cc1. The molecule has 0 aliphatic heterocycles. The standard InChI is InChI=1S/C14H12I2/c1-9-3-6-11(7-4-9)12-8-5-10(2)13(15)14(12)16/h3-8H,1-2H3. The largest absolute Gasteiger partial charge is 0.0587 e. The number of hydrogen-bond acceptors (Lipinski definition) is 0. The zero-order chi connectivity index (χ0) is 11.7. The Kier molecular flexibility index (Phi) is 3.89. The number of benzene rings is 2. The first-order valence-electron chi connectivity index (χ1n) is 5.11. The van der Waals surface area contributed by atoms with Gasteiger partial charge in [-0.2, -0.15) is 0 Å². The second-order valence-electron chi connectivity index (χ2n) is 3.92. The van der Waals surface area contributed by atoms with Gasteiger partial charge in [0.15, 0.2) is 0 Å². The highest BCUT2D eigenvalue weighted by Gasteiger charge is 2.07. The molecule has 0 heterocycles. The highest BCUT2D eigenvalue weighted by molar-refractivity contribution is 14.1. The highest BCUT2D eigenvalue weighted by Crippen LogP contribution is 2.30. The van der Waals surface area contributed by atoms with E-state index in [1.165, 1.54) is 29.4 Å². The second-order valence-corrected chi connectivity index (χ2v) is 6.08. The Hall–Kier alpha value is -0.100. The summed E-state index contributed by atoms with van der Waals surface area (Å²) in [4.78, 5) is 0. The van der Waals surface area contributed by atoms with Crippen molar-refractivity contribution in [3.63, 3.8) is 0 Å². The molecule has 0 nitrogen and oxygen atoms in total. The van der Waals surface area contributed by atoms with Gasteiger partial charge in [0.2, 0.25) is 0 Å². The smallest absolute Gasteiger partial charge is 0.0345 e. The van der Waals surface area contributed by atoms with Crippen LogP contribution in [0.3, 0.4) is 0 Å². The summed E-state index contributed by atoms with van der Waals surface area (Å²) in [7, 11) is 0. The Labute approximate surface area is 124 Å². The Morgan fingerprint density at radius 2 is 1.38 bits per heavy atom. The summed E-state index contributed by atoms with van der Waals surface area (Å²) in [5, 5.41) is 0. The van der Waals surface area contributed by atoms with Crippen molar-refractivity contribution in [3.8, 4) is 11.1 Å². The zero-order valence-electron chi connectivity index (χ0n) is 9.22. The van der Waals surface area contributed by atoms with Crippen LogP contribution in [0.1, 0.15) is 11.1 Å². The average Bonchev–Trinajstić information content (AvgIpc) is 2.28. The van der Waals surface area contributed by atoms with E-state index in [-0.39, 0.29) is 0 Å². The first-order valence-corrected chi connectivity index (χ1v) is 7.27. The summed E-state index contributed by atoms with van der Waals surface area (Å²) in [5.74, 6) is 0. The van der Waals surface area contributed by atoms with Crippen molar-refractivity contribution < 1.29 is 0 Å². The number of rotatable bonds is 1. The fourth-order valence-corrected chi connectivity index (χ4v) is 2.99. The Bertz CT molecular complexity index is 513. The first-order chi connectivity index (χ1) is 7.59. The molecule has 0 saturated carbocycles. The Morgan fingerprint density at radius 3 is 2.00 bits per heavy atom. The fraction of sp³-hybridized carbons (Fsp3) is 0.143. The van der Waals surface area contributed by atoms with Crippen LogP contribution in [0, 0.1) is 21.0 Å². The molecule has 0 fully saturated rings. The van der Waals surface area contributed by atoms with Gasteiger partial charge < -0.3 is 0 Å². The van der Waals surface area contributed by atoms with Crippen LogP contribution in [0.2, 0.25) is 0 Å². The van der Waals surface area contributed by atoms with E-state index in [0.717, 1.165) is 0 Å². The molecule has 16 heavy (non-hydrogen) atoms. The molecule has 0 bridgehead atoms. The Morgan fingerprint density at radius 1 is 0.750 bits per heavy atom. The maximum Gasteiger partial charge on any atom is 0.0345 e. The van der Waals surface area contributed by atoms with Gasteiger partial charge in [-0.1, -0.05) is 42.0 Å². The Balaban J connectivity index is 2.57. The zero-order valence-corrected chi connectivity index (χ0v) is 13.5. The summed E-state index contributed by atoms with van der Waals surface area (Å²) in [6.45, 7) is 4.27. The van der Waals surface area contributed by atoms with Crippen molar-refractivity contribution in [3.05, 3.63) is 54.7 Å². The predicted molar refractivity (Wildman–Crippen MR) is 86.8 cm³/mol. The normalized spacial score (nSPS) is 10.5. The topological polar surface area (TPSA) is 0 Å². The van der Waals surface area contributed by atoms with Crippen molar-refractivity contribution in [2.24, 2.45) is 0 Å². The lowest BCUT2D eigenvalue weighted by Gasteiger charge is -2.09. The minimum absolute atomic E-state index is 1.30. The fourth-order valence-electron chi connectivity index (χ4n) is 1.60. The molecule has 0 saturated heterocycles. The van der Waals surface area contributed by atoms with Crippen LogP contribution in [0.15, 0.2) is 36.4 Å². The van der Waals surface area contributed by atoms with E-state index in [0.29, 0.717) is 0 Å². The molecule has 0 N–H and O–H groups in total. The molecule has 2 aromatic rings. The van der Waals surface area contributed by atoms with Gasteiger partial charge in [0.25, 0.3) is 0 Å². The number of halogens is 2. The lowest BCUT2D eigenvalue weighted by atomic mass is 10.0. The molecule has 2 rings (SSSR count). The minimum Gasteiger partial charge on any atom is -0.0587 e. The van der Waals surface area contributed by atoms with Crippen LogP contribution in [0.4, 0.5) is 0 Å². The first kappa shape index (κ1) is 12.4. The van der Waals surface area contributed by atoms with Gasteiger partial charge in [0.05, 0.1) is 0 Å². The molecule has 0 aliphatic rings. The number of aryl methyl sites for hydroxylation is 2. The van der Waals surface area contributed by atoms with Crippen LogP contribution in [0.25, 0.3) is 11.1 Å². The summed E-state index contributed by atoms with van der Waals surface area (Å²) in [5.41, 5.74) is 5.28. The van der Waals surface area contributed by atoms with Gasteiger partial charge >= 0.3 is 0 Å². The van der Waals surface area contributed by atoms with Gasteiger partial charge in [-0.25, -0.2) is 0 Å². The molecule has 0 aromatic heterocycles. The molecular formula is C14H12I2. The number of hydrogen-bond donors (Lipinski definition) is 0. The van der Waals surface area contributed by atoms with Crippen LogP contribution in [-0.4, -0.2) is 0 Å². The van der Waals surface area contributed by atoms with E-state index >= 15 is 0 Å². The summed E-state index contributed by atoms with van der Waals surface area (Å²) < 4.78 is 2.71. The molecule has 0 spiro atoms.